The molecule has 1 aliphatic heterocycles. The molecule has 35 heavy (non-hydrogen) atoms. The summed E-state index contributed by atoms with van der Waals surface area (Å²) in [6.07, 6.45) is 1.02. The van der Waals surface area contributed by atoms with Crippen molar-refractivity contribution < 1.29 is 28.1 Å². The van der Waals surface area contributed by atoms with Gasteiger partial charge in [-0.2, -0.15) is 4.98 Å². The molecule has 0 saturated carbocycles. The monoisotopic (exact) mass is 484 g/mol. The van der Waals surface area contributed by atoms with Gasteiger partial charge in [0.15, 0.2) is 40.3 Å². The van der Waals surface area contributed by atoms with E-state index in [9.17, 15) is 9.18 Å². The maximum absolute atomic E-state index is 14.6. The van der Waals surface area contributed by atoms with Gasteiger partial charge in [-0.25, -0.2) is 14.4 Å². The van der Waals surface area contributed by atoms with Crippen LogP contribution >= 0.6 is 0 Å². The Bertz CT molecular complexity index is 1270. The van der Waals surface area contributed by atoms with Crippen LogP contribution in [0.2, 0.25) is 0 Å². The molecule has 0 aliphatic carbocycles. The highest BCUT2D eigenvalue weighted by Crippen LogP contribution is 2.40. The number of ether oxygens (including phenoxy) is 4. The van der Waals surface area contributed by atoms with E-state index in [4.69, 9.17) is 18.9 Å². The standard InChI is InChI=1S/C23H25FN6O5/c1-11-7-16-20(29-21(31)23(2,3)35-16)28-18(11)27-19-13(24)10-25-22(30-19)26-12-8-14(32-4)17(34-6)15(9-12)33-5/h7-10H,1-6H3,(H3,25,26,27,28,29,30,31). The zero-order valence-corrected chi connectivity index (χ0v) is 20.1. The van der Waals surface area contributed by atoms with E-state index in [0.29, 0.717) is 40.1 Å². The molecule has 0 spiro atoms. The van der Waals surface area contributed by atoms with Crippen molar-refractivity contribution in [2.24, 2.45) is 0 Å². The van der Waals surface area contributed by atoms with Crippen LogP contribution in [0.1, 0.15) is 19.4 Å². The van der Waals surface area contributed by atoms with Crippen molar-refractivity contribution in [3.63, 3.8) is 0 Å². The number of hydrogen-bond donors (Lipinski definition) is 3. The first kappa shape index (κ1) is 23.8. The van der Waals surface area contributed by atoms with Crippen molar-refractivity contribution in [2.45, 2.75) is 26.4 Å². The minimum Gasteiger partial charge on any atom is -0.493 e. The van der Waals surface area contributed by atoms with Crippen LogP contribution in [0.5, 0.6) is 23.0 Å². The molecule has 0 unspecified atom stereocenters. The van der Waals surface area contributed by atoms with E-state index < -0.39 is 11.4 Å². The molecular weight excluding hydrogens is 459 g/mol. The van der Waals surface area contributed by atoms with Gasteiger partial charge in [-0.05, 0) is 32.4 Å². The largest absolute Gasteiger partial charge is 0.493 e. The molecule has 4 rings (SSSR count). The first-order valence-corrected chi connectivity index (χ1v) is 10.5. The molecule has 3 heterocycles. The van der Waals surface area contributed by atoms with E-state index in [-0.39, 0.29) is 23.5 Å². The molecule has 0 saturated heterocycles. The number of aryl methyl sites for hydroxylation is 1. The third-order valence-electron chi connectivity index (χ3n) is 5.22. The van der Waals surface area contributed by atoms with Gasteiger partial charge in [0, 0.05) is 17.8 Å². The molecule has 0 atom stereocenters. The molecule has 12 heteroatoms. The summed E-state index contributed by atoms with van der Waals surface area (Å²) in [6, 6.07) is 5.04. The van der Waals surface area contributed by atoms with E-state index >= 15 is 0 Å². The molecule has 1 aromatic carbocycles. The number of rotatable bonds is 7. The Kier molecular flexibility index (Phi) is 6.20. The number of methoxy groups -OCH3 is 3. The quantitative estimate of drug-likeness (QED) is 0.453. The lowest BCUT2D eigenvalue weighted by atomic mass is 10.1. The zero-order valence-electron chi connectivity index (χ0n) is 20.1. The molecule has 3 aromatic rings. The summed E-state index contributed by atoms with van der Waals surface area (Å²) in [5, 5.41) is 8.56. The lowest BCUT2D eigenvalue weighted by Gasteiger charge is -2.31. The van der Waals surface area contributed by atoms with Crippen molar-refractivity contribution in [3.05, 3.63) is 35.8 Å². The van der Waals surface area contributed by atoms with Crippen molar-refractivity contribution in [3.8, 4) is 23.0 Å². The first-order chi connectivity index (χ1) is 16.6. The minimum atomic E-state index is -1.03. The van der Waals surface area contributed by atoms with Crippen LogP contribution in [0.3, 0.4) is 0 Å². The molecule has 1 amide bonds. The normalized spacial score (nSPS) is 13.7. The predicted molar refractivity (Wildman–Crippen MR) is 127 cm³/mol. The highest BCUT2D eigenvalue weighted by atomic mass is 19.1. The fraction of sp³-hybridized carbons (Fsp3) is 0.304. The van der Waals surface area contributed by atoms with E-state index in [1.165, 1.54) is 21.3 Å². The number of fused-ring (bicyclic) bond motifs is 1. The van der Waals surface area contributed by atoms with Crippen molar-refractivity contribution in [1.82, 2.24) is 15.0 Å². The van der Waals surface area contributed by atoms with Gasteiger partial charge in [0.2, 0.25) is 11.7 Å². The summed E-state index contributed by atoms with van der Waals surface area (Å²) < 4.78 is 36.3. The molecule has 0 bridgehead atoms. The number of carbonyl (C=O) groups excluding carboxylic acids is 1. The van der Waals surface area contributed by atoms with E-state index in [0.717, 1.165) is 6.20 Å². The Labute approximate surface area is 201 Å². The average molecular weight is 484 g/mol. The summed E-state index contributed by atoms with van der Waals surface area (Å²) >= 11 is 0. The smallest absolute Gasteiger partial charge is 0.269 e. The summed E-state index contributed by atoms with van der Waals surface area (Å²) in [6.45, 7) is 5.09. The van der Waals surface area contributed by atoms with Gasteiger partial charge in [0.05, 0.1) is 27.5 Å². The topological polar surface area (TPSA) is 129 Å². The molecule has 0 radical (unpaired) electrons. The van der Waals surface area contributed by atoms with E-state index in [1.54, 1.807) is 39.0 Å². The molecular formula is C23H25FN6O5. The predicted octanol–water partition coefficient (Wildman–Crippen LogP) is 3.94. The number of halogens is 1. The summed E-state index contributed by atoms with van der Waals surface area (Å²) in [7, 11) is 4.50. The van der Waals surface area contributed by atoms with Crippen LogP contribution in [0.4, 0.5) is 33.5 Å². The number of nitrogens with zero attached hydrogens (tertiary/aromatic N) is 3. The average Bonchev–Trinajstić information content (AvgIpc) is 2.82. The van der Waals surface area contributed by atoms with Crippen LogP contribution in [0.15, 0.2) is 24.4 Å². The van der Waals surface area contributed by atoms with Crippen LogP contribution in [-0.4, -0.2) is 47.8 Å². The third kappa shape index (κ3) is 4.67. The molecule has 3 N–H and O–H groups in total. The SMILES string of the molecule is COc1cc(Nc2ncc(F)c(Nc3nc4c(cc3C)OC(C)(C)C(=O)N4)n2)cc(OC)c1OC. The van der Waals surface area contributed by atoms with Gasteiger partial charge in [-0.3, -0.25) is 4.79 Å². The van der Waals surface area contributed by atoms with Gasteiger partial charge >= 0.3 is 0 Å². The Morgan fingerprint density at radius 1 is 1.00 bits per heavy atom. The lowest BCUT2D eigenvalue weighted by molar-refractivity contribution is -0.129. The van der Waals surface area contributed by atoms with E-state index in [2.05, 4.69) is 30.9 Å². The fourth-order valence-corrected chi connectivity index (χ4v) is 3.37. The van der Waals surface area contributed by atoms with Crippen LogP contribution in [0.25, 0.3) is 0 Å². The van der Waals surface area contributed by atoms with Crippen molar-refractivity contribution in [2.75, 3.05) is 37.3 Å². The summed E-state index contributed by atoms with van der Waals surface area (Å²) in [5.41, 5.74) is 0.165. The molecule has 0 fully saturated rings. The second kappa shape index (κ2) is 9.12. The minimum absolute atomic E-state index is 0.108. The molecule has 11 nitrogen and oxygen atoms in total. The van der Waals surface area contributed by atoms with Crippen molar-refractivity contribution >= 4 is 35.0 Å². The molecule has 2 aromatic heterocycles. The number of nitrogens with one attached hydrogen (secondary N) is 3. The number of amides is 1. The number of carbonyl (C=O) groups is 1. The summed E-state index contributed by atoms with van der Waals surface area (Å²) in [5.74, 6) is 1.19. The lowest BCUT2D eigenvalue weighted by Crippen LogP contribution is -2.46. The van der Waals surface area contributed by atoms with Crippen LogP contribution < -0.4 is 34.9 Å². The number of benzene rings is 1. The van der Waals surface area contributed by atoms with E-state index in [1.807, 2.05) is 0 Å². The Hall–Kier alpha value is -4.35. The molecule has 184 valence electrons. The number of pyridine rings is 1. The number of aromatic nitrogens is 3. The third-order valence-corrected chi connectivity index (χ3v) is 5.22. The Morgan fingerprint density at radius 2 is 1.69 bits per heavy atom. The van der Waals surface area contributed by atoms with Gasteiger partial charge in [-0.1, -0.05) is 0 Å². The maximum atomic E-state index is 14.6. The van der Waals surface area contributed by atoms with Gasteiger partial charge in [-0.15, -0.1) is 0 Å². The Balaban J connectivity index is 1.62. The van der Waals surface area contributed by atoms with Crippen LogP contribution in [-0.2, 0) is 4.79 Å². The van der Waals surface area contributed by atoms with Gasteiger partial charge in [0.1, 0.15) is 5.82 Å². The molecule has 1 aliphatic rings. The first-order valence-electron chi connectivity index (χ1n) is 10.5. The Morgan fingerprint density at radius 3 is 2.31 bits per heavy atom. The van der Waals surface area contributed by atoms with Gasteiger partial charge in [0.25, 0.3) is 5.91 Å². The van der Waals surface area contributed by atoms with Crippen molar-refractivity contribution in [1.29, 1.82) is 0 Å². The second-order valence-corrected chi connectivity index (χ2v) is 8.12. The zero-order chi connectivity index (χ0) is 25.3. The highest BCUT2D eigenvalue weighted by molar-refractivity contribution is 5.99. The van der Waals surface area contributed by atoms with Gasteiger partial charge < -0.3 is 34.9 Å². The highest BCUT2D eigenvalue weighted by Gasteiger charge is 2.36. The number of hydrogen-bond acceptors (Lipinski definition) is 10. The maximum Gasteiger partial charge on any atom is 0.269 e. The second-order valence-electron chi connectivity index (χ2n) is 8.12. The van der Waals surface area contributed by atoms with Crippen LogP contribution in [0, 0.1) is 12.7 Å². The fourth-order valence-electron chi connectivity index (χ4n) is 3.37. The number of anilines is 5. The summed E-state index contributed by atoms with van der Waals surface area (Å²) in [4.78, 5) is 24.8.